The zero-order valence-corrected chi connectivity index (χ0v) is 11.8. The zero-order chi connectivity index (χ0) is 13.8. The van der Waals surface area contributed by atoms with E-state index in [0.717, 1.165) is 4.88 Å². The first-order valence-corrected chi connectivity index (χ1v) is 7.38. The van der Waals surface area contributed by atoms with Crippen LogP contribution < -0.4 is 0 Å². The molecule has 0 aliphatic carbocycles. The molecule has 1 aliphatic heterocycles. The maximum Gasteiger partial charge on any atom is 0.224 e. The van der Waals surface area contributed by atoms with Gasteiger partial charge in [0.2, 0.25) is 11.7 Å². The summed E-state index contributed by atoms with van der Waals surface area (Å²) >= 11 is 1.57. The van der Waals surface area contributed by atoms with Crippen LogP contribution in [0.2, 0.25) is 0 Å². The van der Waals surface area contributed by atoms with Crippen LogP contribution >= 0.6 is 11.3 Å². The van der Waals surface area contributed by atoms with Crippen molar-refractivity contribution in [2.75, 3.05) is 26.3 Å². The molecule has 1 saturated heterocycles. The Hall–Kier alpha value is -1.80. The minimum atomic E-state index is 0.114. The highest BCUT2D eigenvalue weighted by atomic mass is 32.1. The van der Waals surface area contributed by atoms with Gasteiger partial charge in [0.25, 0.3) is 0 Å². The van der Waals surface area contributed by atoms with Crippen LogP contribution in [-0.4, -0.2) is 57.3 Å². The Labute approximate surface area is 120 Å². The molecule has 0 atom stereocenters. The molecule has 7 nitrogen and oxygen atoms in total. The van der Waals surface area contributed by atoms with Gasteiger partial charge >= 0.3 is 0 Å². The minimum Gasteiger partial charge on any atom is -0.378 e. The molecule has 2 aromatic rings. The van der Waals surface area contributed by atoms with Crippen LogP contribution in [0.1, 0.15) is 6.42 Å². The fourth-order valence-electron chi connectivity index (χ4n) is 2.01. The summed E-state index contributed by atoms with van der Waals surface area (Å²) in [5.41, 5.74) is 0. The largest absolute Gasteiger partial charge is 0.378 e. The number of thiophene rings is 1. The van der Waals surface area contributed by atoms with Crippen molar-refractivity contribution in [1.29, 1.82) is 0 Å². The van der Waals surface area contributed by atoms with E-state index in [1.54, 1.807) is 11.3 Å². The lowest BCUT2D eigenvalue weighted by Crippen LogP contribution is -2.41. The van der Waals surface area contributed by atoms with E-state index in [9.17, 15) is 4.79 Å². The average Bonchev–Trinajstić information content (AvgIpc) is 3.16. The van der Waals surface area contributed by atoms with Crippen molar-refractivity contribution in [3.8, 4) is 10.7 Å². The van der Waals surface area contributed by atoms with E-state index in [2.05, 4.69) is 15.4 Å². The molecule has 20 heavy (non-hydrogen) atoms. The Bertz CT molecular complexity index is 562. The van der Waals surface area contributed by atoms with Crippen molar-refractivity contribution in [2.24, 2.45) is 0 Å². The van der Waals surface area contributed by atoms with Crippen LogP contribution in [0.25, 0.3) is 10.7 Å². The number of aryl methyl sites for hydroxylation is 1. The lowest BCUT2D eigenvalue weighted by Gasteiger charge is -2.26. The summed E-state index contributed by atoms with van der Waals surface area (Å²) in [4.78, 5) is 16.3. The van der Waals surface area contributed by atoms with Gasteiger partial charge in [-0.25, -0.2) is 0 Å². The molecule has 0 N–H and O–H groups in total. The third-order valence-corrected chi connectivity index (χ3v) is 3.95. The quantitative estimate of drug-likeness (QED) is 0.827. The third-order valence-electron chi connectivity index (χ3n) is 3.08. The van der Waals surface area contributed by atoms with Gasteiger partial charge in [-0.1, -0.05) is 6.07 Å². The fourth-order valence-corrected chi connectivity index (χ4v) is 2.66. The van der Waals surface area contributed by atoms with Gasteiger partial charge in [-0.05, 0) is 16.7 Å². The number of morpholine rings is 1. The molecule has 2 aromatic heterocycles. The van der Waals surface area contributed by atoms with Crippen LogP contribution in [0.3, 0.4) is 0 Å². The number of hydrogen-bond acceptors (Lipinski definition) is 6. The van der Waals surface area contributed by atoms with Gasteiger partial charge in [-0.2, -0.15) is 4.80 Å². The van der Waals surface area contributed by atoms with Crippen LogP contribution in [0.4, 0.5) is 0 Å². The van der Waals surface area contributed by atoms with Gasteiger partial charge < -0.3 is 9.64 Å². The predicted molar refractivity (Wildman–Crippen MR) is 73.1 cm³/mol. The van der Waals surface area contributed by atoms with Gasteiger partial charge in [-0.3, -0.25) is 4.79 Å². The monoisotopic (exact) mass is 293 g/mol. The van der Waals surface area contributed by atoms with Crippen LogP contribution in [-0.2, 0) is 16.1 Å². The molecule has 0 aromatic carbocycles. The fraction of sp³-hybridized carbons (Fsp3) is 0.500. The molecular formula is C12H15N5O2S. The van der Waals surface area contributed by atoms with E-state index in [4.69, 9.17) is 4.74 Å². The molecule has 106 valence electrons. The molecule has 0 unspecified atom stereocenters. The SMILES string of the molecule is O=C(CCn1nnc(-c2cccs2)n1)N1CCOCC1. The van der Waals surface area contributed by atoms with Gasteiger partial charge in [0.05, 0.1) is 24.6 Å². The Morgan fingerprint density at radius 3 is 3.00 bits per heavy atom. The Morgan fingerprint density at radius 2 is 2.25 bits per heavy atom. The standard InChI is InChI=1S/C12H15N5O2S/c18-11(16-5-7-19-8-6-16)3-4-17-14-12(13-15-17)10-2-1-9-20-10/h1-2,9H,3-8H2. The van der Waals surface area contributed by atoms with Crippen molar-refractivity contribution >= 4 is 17.2 Å². The molecule has 0 radical (unpaired) electrons. The van der Waals surface area contributed by atoms with E-state index < -0.39 is 0 Å². The second-order valence-corrected chi connectivity index (χ2v) is 5.38. The van der Waals surface area contributed by atoms with Gasteiger partial charge in [0, 0.05) is 19.5 Å². The van der Waals surface area contributed by atoms with Gasteiger partial charge in [0.15, 0.2) is 0 Å². The minimum absolute atomic E-state index is 0.114. The lowest BCUT2D eigenvalue weighted by atomic mass is 10.3. The van der Waals surface area contributed by atoms with Crippen molar-refractivity contribution in [1.82, 2.24) is 25.1 Å². The molecule has 0 saturated carbocycles. The van der Waals surface area contributed by atoms with Gasteiger partial charge in [0.1, 0.15) is 0 Å². The lowest BCUT2D eigenvalue weighted by molar-refractivity contribution is -0.135. The maximum absolute atomic E-state index is 12.0. The number of aromatic nitrogens is 4. The van der Waals surface area contributed by atoms with E-state index in [1.165, 1.54) is 4.80 Å². The Kier molecular flexibility index (Phi) is 4.03. The van der Waals surface area contributed by atoms with Crippen molar-refractivity contribution in [3.05, 3.63) is 17.5 Å². The first-order valence-electron chi connectivity index (χ1n) is 6.50. The molecule has 1 aliphatic rings. The number of carbonyl (C=O) groups excluding carboxylic acids is 1. The highest BCUT2D eigenvalue weighted by Crippen LogP contribution is 2.19. The highest BCUT2D eigenvalue weighted by Gasteiger charge is 2.17. The number of tetrazole rings is 1. The molecule has 0 bridgehead atoms. The first-order chi connectivity index (χ1) is 9.83. The normalized spacial score (nSPS) is 15.5. The summed E-state index contributed by atoms with van der Waals surface area (Å²) in [6, 6.07) is 3.90. The second kappa shape index (κ2) is 6.10. The van der Waals surface area contributed by atoms with Crippen LogP contribution in [0.5, 0.6) is 0 Å². The zero-order valence-electron chi connectivity index (χ0n) is 10.9. The highest BCUT2D eigenvalue weighted by molar-refractivity contribution is 7.13. The topological polar surface area (TPSA) is 73.1 Å². The number of amides is 1. The van der Waals surface area contributed by atoms with Crippen molar-refractivity contribution < 1.29 is 9.53 Å². The van der Waals surface area contributed by atoms with Gasteiger partial charge in [-0.15, -0.1) is 21.5 Å². The third kappa shape index (κ3) is 3.02. The number of ether oxygens (including phenoxy) is 1. The summed E-state index contributed by atoms with van der Waals surface area (Å²) in [7, 11) is 0. The molecule has 0 spiro atoms. The van der Waals surface area contributed by atoms with Crippen LogP contribution in [0, 0.1) is 0 Å². The molecule has 8 heteroatoms. The predicted octanol–water partition coefficient (Wildman–Crippen LogP) is 0.650. The number of nitrogens with zero attached hydrogens (tertiary/aromatic N) is 5. The Morgan fingerprint density at radius 1 is 1.40 bits per heavy atom. The van der Waals surface area contributed by atoms with Crippen molar-refractivity contribution in [2.45, 2.75) is 13.0 Å². The summed E-state index contributed by atoms with van der Waals surface area (Å²) in [6.45, 7) is 3.04. The maximum atomic E-state index is 12.0. The number of carbonyl (C=O) groups is 1. The summed E-state index contributed by atoms with van der Waals surface area (Å²) < 4.78 is 5.22. The summed E-state index contributed by atoms with van der Waals surface area (Å²) in [5.74, 6) is 0.724. The number of hydrogen-bond donors (Lipinski definition) is 0. The van der Waals surface area contributed by atoms with E-state index >= 15 is 0 Å². The average molecular weight is 293 g/mol. The van der Waals surface area contributed by atoms with Crippen LogP contribution in [0.15, 0.2) is 17.5 Å². The smallest absolute Gasteiger partial charge is 0.224 e. The molecule has 3 rings (SSSR count). The Balaban J connectivity index is 1.54. The summed E-state index contributed by atoms with van der Waals surface area (Å²) in [6.07, 6.45) is 0.389. The number of rotatable bonds is 4. The first kappa shape index (κ1) is 13.2. The molecule has 1 amide bonds. The summed E-state index contributed by atoms with van der Waals surface area (Å²) in [5, 5.41) is 14.2. The van der Waals surface area contributed by atoms with Crippen molar-refractivity contribution in [3.63, 3.8) is 0 Å². The van der Waals surface area contributed by atoms with E-state index in [-0.39, 0.29) is 5.91 Å². The van der Waals surface area contributed by atoms with E-state index in [0.29, 0.717) is 45.1 Å². The second-order valence-electron chi connectivity index (χ2n) is 4.43. The van der Waals surface area contributed by atoms with E-state index in [1.807, 2.05) is 22.4 Å². The molecular weight excluding hydrogens is 278 g/mol. The molecule has 1 fully saturated rings. The molecule has 3 heterocycles.